The molecular formula is C36H42N5O6SSi. The molecule has 0 unspecified atom stereocenters. The van der Waals surface area contributed by atoms with Crippen LogP contribution in [0.5, 0.6) is 0 Å². The van der Waals surface area contributed by atoms with E-state index in [-0.39, 0.29) is 36.5 Å². The molecule has 1 fully saturated rings. The molecule has 1 radical (unpaired) electrons. The number of nitro groups is 1. The Labute approximate surface area is 293 Å². The van der Waals surface area contributed by atoms with Crippen LogP contribution >= 0.6 is 11.3 Å². The van der Waals surface area contributed by atoms with Crippen LogP contribution in [0.4, 0.5) is 15.6 Å². The van der Waals surface area contributed by atoms with Gasteiger partial charge >= 0.3 is 6.09 Å². The normalized spacial score (nSPS) is 14.3. The Hall–Kier alpha value is -4.59. The van der Waals surface area contributed by atoms with Crippen LogP contribution in [0.2, 0.25) is 0 Å². The van der Waals surface area contributed by atoms with Gasteiger partial charge in [0.1, 0.15) is 18.5 Å². The molecule has 1 atom stereocenters. The van der Waals surface area contributed by atoms with Gasteiger partial charge < -0.3 is 19.0 Å². The summed E-state index contributed by atoms with van der Waals surface area (Å²) in [5.41, 5.74) is 2.18. The van der Waals surface area contributed by atoms with Crippen LogP contribution in [-0.2, 0) is 21.2 Å². The van der Waals surface area contributed by atoms with Gasteiger partial charge in [0, 0.05) is 44.1 Å². The highest BCUT2D eigenvalue weighted by Crippen LogP contribution is 2.31. The van der Waals surface area contributed by atoms with Gasteiger partial charge in [0.25, 0.3) is 20.6 Å². The lowest BCUT2D eigenvalue weighted by atomic mass is 9.87. The van der Waals surface area contributed by atoms with Crippen LogP contribution in [0.15, 0.2) is 84.2 Å². The van der Waals surface area contributed by atoms with Gasteiger partial charge in [-0.2, -0.15) is 0 Å². The van der Waals surface area contributed by atoms with E-state index in [1.165, 1.54) is 44.3 Å². The molecular weight excluding hydrogens is 659 g/mol. The molecule has 0 saturated carbocycles. The number of rotatable bonds is 13. The number of carbonyl (C=O) groups is 2. The van der Waals surface area contributed by atoms with E-state index in [4.69, 9.17) is 14.1 Å². The highest BCUT2D eigenvalue weighted by molar-refractivity contribution is 7.14. The van der Waals surface area contributed by atoms with Crippen molar-refractivity contribution in [3.05, 3.63) is 111 Å². The number of nitro benzene ring substituents is 1. The molecule has 1 aromatic heterocycles. The van der Waals surface area contributed by atoms with Crippen molar-refractivity contribution in [1.82, 2.24) is 14.8 Å². The number of hydrogen-bond donors (Lipinski definition) is 0. The summed E-state index contributed by atoms with van der Waals surface area (Å²) >= 11 is 1.41. The van der Waals surface area contributed by atoms with Crippen molar-refractivity contribution in [2.45, 2.75) is 58.8 Å². The summed E-state index contributed by atoms with van der Waals surface area (Å²) in [7, 11) is -0.0147. The van der Waals surface area contributed by atoms with Gasteiger partial charge in [-0.15, -0.1) is 11.3 Å². The monoisotopic (exact) mass is 700 g/mol. The molecule has 1 aliphatic heterocycles. The van der Waals surface area contributed by atoms with Crippen LogP contribution in [0.3, 0.4) is 0 Å². The SMILES string of the molecule is CCCN(CN(C)C(=O)OCc1ccc([N+](=O)[O-])cc1)C(=O)c1csc(N2CC[C@@H]2O[Si](c2ccccc2)c2cccc(C(C)(C)C)c2)n1. The Kier molecular flexibility index (Phi) is 11.5. The number of anilines is 1. The second kappa shape index (κ2) is 15.7. The largest absolute Gasteiger partial charge is 0.445 e. The van der Waals surface area contributed by atoms with Crippen molar-refractivity contribution >= 4 is 53.6 Å². The molecule has 11 nitrogen and oxygen atoms in total. The van der Waals surface area contributed by atoms with E-state index in [2.05, 4.69) is 62.1 Å². The van der Waals surface area contributed by atoms with Crippen molar-refractivity contribution < 1.29 is 23.7 Å². The maximum Gasteiger partial charge on any atom is 0.411 e. The second-order valence-electron chi connectivity index (χ2n) is 13.0. The predicted octanol–water partition coefficient (Wildman–Crippen LogP) is 5.79. The van der Waals surface area contributed by atoms with Crippen molar-refractivity contribution in [3.8, 4) is 0 Å². The first-order chi connectivity index (χ1) is 23.4. The number of non-ortho nitro benzene ring substituents is 1. The Bertz CT molecular complexity index is 1750. The molecule has 1 saturated heterocycles. The van der Waals surface area contributed by atoms with E-state index in [1.807, 2.05) is 25.1 Å². The van der Waals surface area contributed by atoms with E-state index < -0.39 is 20.1 Å². The molecule has 2 amide bonds. The topological polar surface area (TPSA) is 118 Å². The first kappa shape index (κ1) is 35.7. The number of hydrogen-bond acceptors (Lipinski definition) is 9. The highest BCUT2D eigenvalue weighted by atomic mass is 32.1. The fourth-order valence-electron chi connectivity index (χ4n) is 5.31. The maximum atomic E-state index is 13.6. The van der Waals surface area contributed by atoms with E-state index in [0.717, 1.165) is 18.1 Å². The van der Waals surface area contributed by atoms with E-state index >= 15 is 0 Å². The second-order valence-corrected chi connectivity index (χ2v) is 15.9. The summed E-state index contributed by atoms with van der Waals surface area (Å²) in [6, 6.07) is 24.9. The van der Waals surface area contributed by atoms with Gasteiger partial charge in [0.15, 0.2) is 5.13 Å². The van der Waals surface area contributed by atoms with E-state index in [0.29, 0.717) is 24.2 Å². The maximum absolute atomic E-state index is 13.6. The van der Waals surface area contributed by atoms with Gasteiger partial charge in [-0.25, -0.2) is 9.78 Å². The summed E-state index contributed by atoms with van der Waals surface area (Å²) in [4.78, 5) is 46.6. The fourth-order valence-corrected chi connectivity index (χ4v) is 8.32. The predicted molar refractivity (Wildman–Crippen MR) is 193 cm³/mol. The third-order valence-electron chi connectivity index (χ3n) is 8.19. The third kappa shape index (κ3) is 8.91. The smallest absolute Gasteiger partial charge is 0.411 e. The molecule has 5 rings (SSSR count). The van der Waals surface area contributed by atoms with E-state index in [1.54, 1.807) is 29.5 Å². The Morgan fingerprint density at radius 1 is 1.06 bits per heavy atom. The minimum Gasteiger partial charge on any atom is -0.445 e. The van der Waals surface area contributed by atoms with Gasteiger partial charge in [0.2, 0.25) is 0 Å². The van der Waals surface area contributed by atoms with Gasteiger partial charge in [-0.1, -0.05) is 82.3 Å². The molecule has 0 spiro atoms. The number of aromatic nitrogens is 1. The average molecular weight is 701 g/mol. The lowest BCUT2D eigenvalue weighted by Gasteiger charge is -2.42. The van der Waals surface area contributed by atoms with Crippen molar-refractivity contribution in [2.75, 3.05) is 31.7 Å². The molecule has 49 heavy (non-hydrogen) atoms. The summed E-state index contributed by atoms with van der Waals surface area (Å²) in [6.07, 6.45) is 0.773. The first-order valence-electron chi connectivity index (χ1n) is 16.3. The van der Waals surface area contributed by atoms with Crippen molar-refractivity contribution in [3.63, 3.8) is 0 Å². The number of carbonyl (C=O) groups excluding carboxylic acids is 2. The number of thiazole rings is 1. The summed E-state index contributed by atoms with van der Waals surface area (Å²) in [5, 5.41) is 15.7. The molecule has 0 aliphatic carbocycles. The van der Waals surface area contributed by atoms with Crippen LogP contribution < -0.4 is 15.3 Å². The quantitative estimate of drug-likeness (QED) is 0.0745. The number of benzene rings is 3. The molecule has 2 heterocycles. The summed E-state index contributed by atoms with van der Waals surface area (Å²) in [6.45, 7) is 9.78. The molecule has 0 N–H and O–H groups in total. The lowest BCUT2D eigenvalue weighted by molar-refractivity contribution is -0.384. The average Bonchev–Trinajstić information content (AvgIpc) is 3.55. The van der Waals surface area contributed by atoms with Crippen molar-refractivity contribution in [2.24, 2.45) is 0 Å². The Morgan fingerprint density at radius 2 is 1.78 bits per heavy atom. The van der Waals surface area contributed by atoms with Crippen molar-refractivity contribution in [1.29, 1.82) is 0 Å². The molecule has 4 aromatic rings. The molecule has 0 bridgehead atoms. The van der Waals surface area contributed by atoms with Gasteiger partial charge in [-0.05, 0) is 45.5 Å². The molecule has 1 aliphatic rings. The van der Waals surface area contributed by atoms with Crippen LogP contribution in [0.1, 0.15) is 62.2 Å². The molecule has 13 heteroatoms. The zero-order chi connectivity index (χ0) is 35.1. The number of ether oxygens (including phenoxy) is 1. The zero-order valence-electron chi connectivity index (χ0n) is 28.5. The number of amides is 2. The highest BCUT2D eigenvalue weighted by Gasteiger charge is 2.36. The molecule has 257 valence electrons. The van der Waals surface area contributed by atoms with Gasteiger partial charge in [0.05, 0.1) is 11.6 Å². The fraction of sp³-hybridized carbons (Fsp3) is 0.361. The molecule has 3 aromatic carbocycles. The minimum absolute atomic E-state index is 0.0160. The third-order valence-corrected chi connectivity index (χ3v) is 11.3. The van der Waals surface area contributed by atoms with E-state index in [9.17, 15) is 19.7 Å². The van der Waals surface area contributed by atoms with Crippen LogP contribution in [0, 0.1) is 10.1 Å². The summed E-state index contributed by atoms with van der Waals surface area (Å²) in [5.74, 6) is -0.273. The van der Waals surface area contributed by atoms with Crippen LogP contribution in [0.25, 0.3) is 0 Å². The van der Waals surface area contributed by atoms with Crippen LogP contribution in [-0.4, -0.2) is 73.8 Å². The first-order valence-corrected chi connectivity index (χ1v) is 18.6. The Balaban J connectivity index is 1.23. The summed E-state index contributed by atoms with van der Waals surface area (Å²) < 4.78 is 12.3. The lowest BCUT2D eigenvalue weighted by Crippen LogP contribution is -2.57. The minimum atomic E-state index is -1.58. The standard InChI is InChI=1S/C36H42N5O6SSi/c1-6-20-39(25-38(5)35(43)46-23-26-15-17-28(18-16-26)41(44)45)33(42)31-24-48-34(37-31)40-21-19-32(40)47-49(29-12-8-7-9-13-29)30-14-10-11-27(22-30)36(2,3)4/h7-18,22,24,32H,6,19-21,23,25H2,1-5H3/t32-/m0/s1. The Morgan fingerprint density at radius 3 is 2.41 bits per heavy atom. The zero-order valence-corrected chi connectivity index (χ0v) is 30.3. The number of nitrogens with zero attached hydrogens (tertiary/aromatic N) is 5. The van der Waals surface area contributed by atoms with Gasteiger partial charge in [-0.3, -0.25) is 19.8 Å².